The molecule has 0 saturated heterocycles. The SMILES string of the molecule is Cc1cc(C(O)Cc2ccc(F)cc2)sc1Br. The Morgan fingerprint density at radius 1 is 1.35 bits per heavy atom. The molecule has 0 spiro atoms. The zero-order valence-corrected chi connectivity index (χ0v) is 11.7. The first-order valence-electron chi connectivity index (χ1n) is 5.24. The number of benzene rings is 1. The first kappa shape index (κ1) is 12.7. The van der Waals surface area contributed by atoms with Crippen LogP contribution in [0.15, 0.2) is 34.1 Å². The van der Waals surface area contributed by atoms with E-state index in [1.807, 2.05) is 13.0 Å². The quantitative estimate of drug-likeness (QED) is 0.898. The lowest BCUT2D eigenvalue weighted by atomic mass is 10.1. The third kappa shape index (κ3) is 3.15. The number of hydrogen-bond acceptors (Lipinski definition) is 2. The van der Waals surface area contributed by atoms with Crippen LogP contribution in [-0.4, -0.2) is 5.11 Å². The summed E-state index contributed by atoms with van der Waals surface area (Å²) in [4.78, 5) is 0.929. The van der Waals surface area contributed by atoms with Crippen molar-refractivity contribution < 1.29 is 9.50 Å². The fraction of sp³-hybridized carbons (Fsp3) is 0.231. The molecule has 0 aliphatic rings. The summed E-state index contributed by atoms with van der Waals surface area (Å²) in [5.74, 6) is -0.252. The molecule has 2 aromatic rings. The number of aliphatic hydroxyl groups is 1. The van der Waals surface area contributed by atoms with Gasteiger partial charge < -0.3 is 5.11 Å². The van der Waals surface area contributed by atoms with Gasteiger partial charge >= 0.3 is 0 Å². The molecule has 0 saturated carbocycles. The lowest BCUT2D eigenvalue weighted by Crippen LogP contribution is -1.99. The fourth-order valence-electron chi connectivity index (χ4n) is 1.59. The molecule has 1 heterocycles. The Balaban J connectivity index is 2.11. The van der Waals surface area contributed by atoms with E-state index in [2.05, 4.69) is 15.9 Å². The van der Waals surface area contributed by atoms with Crippen molar-refractivity contribution in [3.8, 4) is 0 Å². The second-order valence-electron chi connectivity index (χ2n) is 3.95. The maximum absolute atomic E-state index is 12.7. The Hall–Kier alpha value is -0.710. The number of aliphatic hydroxyl groups excluding tert-OH is 1. The summed E-state index contributed by atoms with van der Waals surface area (Å²) in [5, 5.41) is 10.1. The first-order valence-corrected chi connectivity index (χ1v) is 6.85. The van der Waals surface area contributed by atoms with Gasteiger partial charge in [-0.3, -0.25) is 0 Å². The van der Waals surface area contributed by atoms with Crippen molar-refractivity contribution >= 4 is 27.3 Å². The van der Waals surface area contributed by atoms with Gasteiger partial charge in [0.1, 0.15) is 5.82 Å². The number of aryl methyl sites for hydroxylation is 1. The van der Waals surface area contributed by atoms with Gasteiger partial charge in [0, 0.05) is 11.3 Å². The van der Waals surface area contributed by atoms with Gasteiger partial charge in [0.15, 0.2) is 0 Å². The van der Waals surface area contributed by atoms with E-state index >= 15 is 0 Å². The number of hydrogen-bond donors (Lipinski definition) is 1. The summed E-state index contributed by atoms with van der Waals surface area (Å²) >= 11 is 4.97. The lowest BCUT2D eigenvalue weighted by Gasteiger charge is -2.08. The average Bonchev–Trinajstić information content (AvgIpc) is 2.63. The Kier molecular flexibility index (Phi) is 3.97. The monoisotopic (exact) mass is 314 g/mol. The Morgan fingerprint density at radius 3 is 2.53 bits per heavy atom. The third-order valence-electron chi connectivity index (χ3n) is 2.55. The van der Waals surface area contributed by atoms with Crippen molar-refractivity contribution in [2.75, 3.05) is 0 Å². The largest absolute Gasteiger partial charge is 0.387 e. The van der Waals surface area contributed by atoms with E-state index < -0.39 is 6.10 Å². The van der Waals surface area contributed by atoms with Crippen molar-refractivity contribution in [3.63, 3.8) is 0 Å². The maximum Gasteiger partial charge on any atom is 0.123 e. The van der Waals surface area contributed by atoms with Crippen LogP contribution >= 0.6 is 27.3 Å². The number of thiophene rings is 1. The van der Waals surface area contributed by atoms with Crippen molar-refractivity contribution in [3.05, 3.63) is 55.9 Å². The molecular formula is C13H12BrFOS. The minimum absolute atomic E-state index is 0.252. The molecule has 0 bridgehead atoms. The molecule has 1 N–H and O–H groups in total. The summed E-state index contributed by atoms with van der Waals surface area (Å²) in [6.07, 6.45) is -0.0254. The topological polar surface area (TPSA) is 20.2 Å². The van der Waals surface area contributed by atoms with E-state index in [0.717, 1.165) is 19.8 Å². The van der Waals surface area contributed by atoms with Crippen LogP contribution in [0.4, 0.5) is 4.39 Å². The molecule has 0 aliphatic carbocycles. The zero-order valence-electron chi connectivity index (χ0n) is 9.28. The summed E-state index contributed by atoms with van der Waals surface area (Å²) in [5.41, 5.74) is 2.06. The van der Waals surface area contributed by atoms with Crippen LogP contribution in [0, 0.1) is 12.7 Å². The van der Waals surface area contributed by atoms with Gasteiger partial charge in [-0.25, -0.2) is 4.39 Å². The van der Waals surface area contributed by atoms with Crippen LogP contribution in [0.2, 0.25) is 0 Å². The number of halogens is 2. The third-order valence-corrected chi connectivity index (χ3v) is 4.78. The minimum atomic E-state index is -0.532. The molecule has 17 heavy (non-hydrogen) atoms. The van der Waals surface area contributed by atoms with Gasteiger partial charge in [-0.1, -0.05) is 12.1 Å². The van der Waals surface area contributed by atoms with Crippen molar-refractivity contribution in [1.82, 2.24) is 0 Å². The smallest absolute Gasteiger partial charge is 0.123 e. The van der Waals surface area contributed by atoms with Gasteiger partial charge in [0.2, 0.25) is 0 Å². The van der Waals surface area contributed by atoms with Crippen molar-refractivity contribution in [2.24, 2.45) is 0 Å². The van der Waals surface area contributed by atoms with Gasteiger partial charge in [-0.15, -0.1) is 11.3 Å². The summed E-state index contributed by atoms with van der Waals surface area (Å²) in [6, 6.07) is 8.21. The summed E-state index contributed by atoms with van der Waals surface area (Å²) in [6.45, 7) is 1.99. The van der Waals surface area contributed by atoms with Gasteiger partial charge in [0.05, 0.1) is 9.89 Å². The van der Waals surface area contributed by atoms with Crippen LogP contribution in [0.1, 0.15) is 22.1 Å². The van der Waals surface area contributed by atoms with E-state index in [0.29, 0.717) is 6.42 Å². The predicted molar refractivity (Wildman–Crippen MR) is 71.8 cm³/mol. The standard InChI is InChI=1S/C13H12BrFOS/c1-8-6-12(17-13(8)14)11(16)7-9-2-4-10(15)5-3-9/h2-6,11,16H,7H2,1H3. The number of rotatable bonds is 3. The van der Waals surface area contributed by atoms with Crippen molar-refractivity contribution in [2.45, 2.75) is 19.4 Å². The molecule has 1 atom stereocenters. The minimum Gasteiger partial charge on any atom is -0.387 e. The Morgan fingerprint density at radius 2 is 2.00 bits per heavy atom. The molecule has 1 nitrogen and oxygen atoms in total. The molecular weight excluding hydrogens is 303 g/mol. The molecule has 2 rings (SSSR count). The molecule has 1 aromatic heterocycles. The molecule has 0 amide bonds. The summed E-state index contributed by atoms with van der Waals surface area (Å²) < 4.78 is 13.8. The molecule has 90 valence electrons. The van der Waals surface area contributed by atoms with Crippen LogP contribution in [0.3, 0.4) is 0 Å². The van der Waals surface area contributed by atoms with E-state index in [9.17, 15) is 9.50 Å². The van der Waals surface area contributed by atoms with E-state index in [1.165, 1.54) is 23.5 Å². The molecule has 0 aliphatic heterocycles. The predicted octanol–water partition coefficient (Wildman–Crippen LogP) is 4.23. The van der Waals surface area contributed by atoms with Crippen LogP contribution in [-0.2, 0) is 6.42 Å². The maximum atomic E-state index is 12.7. The molecule has 1 unspecified atom stereocenters. The summed E-state index contributed by atoms with van der Waals surface area (Å²) in [7, 11) is 0. The van der Waals surface area contributed by atoms with Crippen LogP contribution < -0.4 is 0 Å². The molecule has 0 fully saturated rings. The average molecular weight is 315 g/mol. The highest BCUT2D eigenvalue weighted by atomic mass is 79.9. The van der Waals surface area contributed by atoms with E-state index in [-0.39, 0.29) is 5.82 Å². The van der Waals surface area contributed by atoms with E-state index in [4.69, 9.17) is 0 Å². The lowest BCUT2D eigenvalue weighted by molar-refractivity contribution is 0.182. The normalized spacial score (nSPS) is 12.7. The second-order valence-corrected chi connectivity index (χ2v) is 6.35. The molecule has 0 radical (unpaired) electrons. The second kappa shape index (κ2) is 5.29. The zero-order chi connectivity index (χ0) is 12.4. The Bertz CT molecular complexity index is 487. The fourth-order valence-corrected chi connectivity index (χ4v) is 3.15. The van der Waals surface area contributed by atoms with E-state index in [1.54, 1.807) is 12.1 Å². The Labute approximate surface area is 112 Å². The first-order chi connectivity index (χ1) is 8.06. The highest BCUT2D eigenvalue weighted by Crippen LogP contribution is 2.32. The molecule has 4 heteroatoms. The highest BCUT2D eigenvalue weighted by molar-refractivity contribution is 9.11. The van der Waals surface area contributed by atoms with Crippen LogP contribution in [0.5, 0.6) is 0 Å². The van der Waals surface area contributed by atoms with Gasteiger partial charge in [0.25, 0.3) is 0 Å². The van der Waals surface area contributed by atoms with Crippen LogP contribution in [0.25, 0.3) is 0 Å². The highest BCUT2D eigenvalue weighted by Gasteiger charge is 2.13. The van der Waals surface area contributed by atoms with Gasteiger partial charge in [-0.05, 0) is 52.2 Å². The van der Waals surface area contributed by atoms with Crippen molar-refractivity contribution in [1.29, 1.82) is 0 Å². The molecule has 1 aromatic carbocycles. The van der Waals surface area contributed by atoms with Gasteiger partial charge in [-0.2, -0.15) is 0 Å².